The van der Waals surface area contributed by atoms with E-state index in [1.54, 1.807) is 10.7 Å². The minimum atomic E-state index is -0.207. The Morgan fingerprint density at radius 3 is 2.43 bits per heavy atom. The number of nitrogens with zero attached hydrogens (tertiary/aromatic N) is 2. The number of hydrogen-bond donors (Lipinski definition) is 2. The molecule has 0 atom stereocenters. The zero-order chi connectivity index (χ0) is 16.8. The third kappa shape index (κ3) is 4.67. The van der Waals surface area contributed by atoms with Crippen molar-refractivity contribution in [1.29, 1.82) is 0 Å². The number of benzene rings is 1. The summed E-state index contributed by atoms with van der Waals surface area (Å²) >= 11 is 0. The molecule has 6 heteroatoms. The first-order valence-corrected chi connectivity index (χ1v) is 7.61. The van der Waals surface area contributed by atoms with E-state index in [-0.39, 0.29) is 11.8 Å². The molecule has 0 saturated carbocycles. The van der Waals surface area contributed by atoms with Gasteiger partial charge in [-0.3, -0.25) is 14.3 Å². The first-order valence-electron chi connectivity index (χ1n) is 7.61. The molecule has 0 unspecified atom stereocenters. The van der Waals surface area contributed by atoms with Crippen LogP contribution in [0.15, 0.2) is 30.3 Å². The van der Waals surface area contributed by atoms with Crippen molar-refractivity contribution in [2.45, 2.75) is 20.3 Å². The first kappa shape index (κ1) is 16.7. The van der Waals surface area contributed by atoms with Crippen molar-refractivity contribution in [3.05, 3.63) is 41.6 Å². The lowest BCUT2D eigenvalue weighted by atomic mass is 10.1. The lowest BCUT2D eigenvalue weighted by Gasteiger charge is -2.03. The van der Waals surface area contributed by atoms with Crippen molar-refractivity contribution in [2.24, 2.45) is 7.05 Å². The zero-order valence-corrected chi connectivity index (χ0v) is 13.7. The van der Waals surface area contributed by atoms with Crippen molar-refractivity contribution in [2.75, 3.05) is 13.1 Å². The van der Waals surface area contributed by atoms with Crippen LogP contribution >= 0.6 is 0 Å². The molecule has 0 aliphatic carbocycles. The first-order chi connectivity index (χ1) is 11.0. The van der Waals surface area contributed by atoms with Gasteiger partial charge in [0.2, 0.25) is 5.91 Å². The molecule has 122 valence electrons. The Bertz CT molecular complexity index is 689. The van der Waals surface area contributed by atoms with Crippen LogP contribution in [0.4, 0.5) is 0 Å². The van der Waals surface area contributed by atoms with Crippen LogP contribution in [0, 0.1) is 6.92 Å². The van der Waals surface area contributed by atoms with E-state index in [1.807, 2.05) is 38.2 Å². The molecule has 0 fully saturated rings. The molecule has 1 aromatic heterocycles. The number of hydrogen-bond acceptors (Lipinski definition) is 3. The van der Waals surface area contributed by atoms with Gasteiger partial charge in [0.1, 0.15) is 0 Å². The van der Waals surface area contributed by atoms with Gasteiger partial charge in [-0.25, -0.2) is 0 Å². The minimum Gasteiger partial charge on any atom is -0.356 e. The number of rotatable bonds is 6. The van der Waals surface area contributed by atoms with E-state index in [0.717, 1.165) is 11.3 Å². The van der Waals surface area contributed by atoms with Crippen LogP contribution in [0.2, 0.25) is 0 Å². The van der Waals surface area contributed by atoms with Gasteiger partial charge in [0.15, 0.2) is 5.69 Å². The second-order valence-electron chi connectivity index (χ2n) is 5.50. The van der Waals surface area contributed by atoms with E-state index in [2.05, 4.69) is 15.7 Å². The Morgan fingerprint density at radius 1 is 1.13 bits per heavy atom. The Labute approximate surface area is 135 Å². The molecule has 2 amide bonds. The van der Waals surface area contributed by atoms with Crippen LogP contribution < -0.4 is 10.6 Å². The molecule has 0 saturated heterocycles. The average Bonchev–Trinajstić information content (AvgIpc) is 2.89. The van der Waals surface area contributed by atoms with Crippen LogP contribution in [0.1, 0.15) is 29.4 Å². The topological polar surface area (TPSA) is 76.0 Å². The third-order valence-corrected chi connectivity index (χ3v) is 3.47. The van der Waals surface area contributed by atoms with E-state index < -0.39 is 0 Å². The molecule has 1 heterocycles. The van der Waals surface area contributed by atoms with E-state index in [4.69, 9.17) is 0 Å². The largest absolute Gasteiger partial charge is 0.356 e. The number of amides is 2. The molecule has 2 N–H and O–H groups in total. The molecule has 1 aromatic carbocycles. The summed E-state index contributed by atoms with van der Waals surface area (Å²) in [5.74, 6) is -0.273. The fourth-order valence-corrected chi connectivity index (χ4v) is 2.22. The van der Waals surface area contributed by atoms with E-state index in [0.29, 0.717) is 25.2 Å². The van der Waals surface area contributed by atoms with Crippen molar-refractivity contribution in [3.63, 3.8) is 0 Å². The van der Waals surface area contributed by atoms with Crippen LogP contribution in [0.25, 0.3) is 11.3 Å². The summed E-state index contributed by atoms with van der Waals surface area (Å²) in [7, 11) is 1.82. The van der Waals surface area contributed by atoms with Gasteiger partial charge in [-0.15, -0.1) is 0 Å². The van der Waals surface area contributed by atoms with E-state index >= 15 is 0 Å². The fourth-order valence-electron chi connectivity index (χ4n) is 2.22. The lowest BCUT2D eigenvalue weighted by Crippen LogP contribution is -2.29. The van der Waals surface area contributed by atoms with Crippen molar-refractivity contribution in [3.8, 4) is 11.3 Å². The summed E-state index contributed by atoms with van der Waals surface area (Å²) in [6.07, 6.45) is 0.684. The monoisotopic (exact) mass is 314 g/mol. The molecule has 6 nitrogen and oxygen atoms in total. The molecule has 0 aliphatic rings. The normalized spacial score (nSPS) is 10.4. The van der Waals surface area contributed by atoms with Crippen molar-refractivity contribution in [1.82, 2.24) is 20.4 Å². The Kier molecular flexibility index (Phi) is 5.51. The Morgan fingerprint density at radius 2 is 1.78 bits per heavy atom. The molecular formula is C17H22N4O2. The molecule has 2 aromatic rings. The summed E-state index contributed by atoms with van der Waals surface area (Å²) in [5, 5.41) is 9.77. The highest BCUT2D eigenvalue weighted by Crippen LogP contribution is 2.20. The summed E-state index contributed by atoms with van der Waals surface area (Å²) in [6.45, 7) is 4.55. The quantitative estimate of drug-likeness (QED) is 0.796. The molecule has 0 radical (unpaired) electrons. The third-order valence-electron chi connectivity index (χ3n) is 3.47. The molecule has 0 bridgehead atoms. The summed E-state index contributed by atoms with van der Waals surface area (Å²) in [5.41, 5.74) is 3.50. The predicted octanol–water partition coefficient (Wildman–Crippen LogP) is 1.65. The standard InChI is InChI=1S/C17H22N4O2/c1-12-5-7-14(8-6-12)16-11-15(20-21(16)3)17(23)19-10-4-9-18-13(2)22/h5-8,11H,4,9-10H2,1-3H3,(H,18,22)(H,19,23). The summed E-state index contributed by atoms with van der Waals surface area (Å²) in [6, 6.07) is 9.88. The second kappa shape index (κ2) is 7.58. The van der Waals surface area contributed by atoms with Crippen LogP contribution in [-0.2, 0) is 11.8 Å². The van der Waals surface area contributed by atoms with Crippen LogP contribution in [-0.4, -0.2) is 34.7 Å². The summed E-state index contributed by atoms with van der Waals surface area (Å²) < 4.78 is 1.71. The molecule has 0 aliphatic heterocycles. The number of carbonyl (C=O) groups is 2. The molecule has 23 heavy (non-hydrogen) atoms. The van der Waals surface area contributed by atoms with Crippen molar-refractivity contribution >= 4 is 11.8 Å². The number of carbonyl (C=O) groups excluding carboxylic acids is 2. The number of aromatic nitrogens is 2. The summed E-state index contributed by atoms with van der Waals surface area (Å²) in [4.78, 5) is 22.9. The van der Waals surface area contributed by atoms with Gasteiger partial charge in [0.25, 0.3) is 5.91 Å². The minimum absolute atomic E-state index is 0.0659. The molecule has 0 spiro atoms. The number of aryl methyl sites for hydroxylation is 2. The van der Waals surface area contributed by atoms with Gasteiger partial charge in [-0.2, -0.15) is 5.10 Å². The van der Waals surface area contributed by atoms with Gasteiger partial charge in [0, 0.05) is 27.1 Å². The highest BCUT2D eigenvalue weighted by atomic mass is 16.2. The average molecular weight is 314 g/mol. The maximum Gasteiger partial charge on any atom is 0.271 e. The maximum atomic E-state index is 12.1. The highest BCUT2D eigenvalue weighted by Gasteiger charge is 2.13. The van der Waals surface area contributed by atoms with Crippen LogP contribution in [0.5, 0.6) is 0 Å². The van der Waals surface area contributed by atoms with Gasteiger partial charge in [0.05, 0.1) is 5.69 Å². The molecule has 2 rings (SSSR count). The molecular weight excluding hydrogens is 292 g/mol. The smallest absolute Gasteiger partial charge is 0.271 e. The predicted molar refractivity (Wildman–Crippen MR) is 89.0 cm³/mol. The number of nitrogens with one attached hydrogen (secondary N) is 2. The second-order valence-corrected chi connectivity index (χ2v) is 5.50. The fraction of sp³-hybridized carbons (Fsp3) is 0.353. The van der Waals surface area contributed by atoms with Gasteiger partial charge < -0.3 is 10.6 Å². The van der Waals surface area contributed by atoms with Gasteiger partial charge >= 0.3 is 0 Å². The Hall–Kier alpha value is -2.63. The van der Waals surface area contributed by atoms with Gasteiger partial charge in [-0.05, 0) is 25.0 Å². The van der Waals surface area contributed by atoms with Crippen LogP contribution in [0.3, 0.4) is 0 Å². The lowest BCUT2D eigenvalue weighted by molar-refractivity contribution is -0.118. The SMILES string of the molecule is CC(=O)NCCCNC(=O)c1cc(-c2ccc(C)cc2)n(C)n1. The highest BCUT2D eigenvalue weighted by molar-refractivity contribution is 5.93. The van der Waals surface area contributed by atoms with Crippen molar-refractivity contribution < 1.29 is 9.59 Å². The Balaban J connectivity index is 1.96. The zero-order valence-electron chi connectivity index (χ0n) is 13.7. The van der Waals surface area contributed by atoms with E-state index in [1.165, 1.54) is 12.5 Å². The maximum absolute atomic E-state index is 12.1. The van der Waals surface area contributed by atoms with E-state index in [9.17, 15) is 9.59 Å². The van der Waals surface area contributed by atoms with Gasteiger partial charge in [-0.1, -0.05) is 29.8 Å².